The second-order valence-electron chi connectivity index (χ2n) is 4.19. The minimum Gasteiger partial charge on any atom is -0.481 e. The van der Waals surface area contributed by atoms with Crippen LogP contribution in [0, 0.1) is 0 Å². The number of aromatic nitrogens is 2. The lowest BCUT2D eigenvalue weighted by molar-refractivity contribution is -0.0192. The molecule has 0 bridgehead atoms. The normalized spacial score (nSPS) is 20.7. The van der Waals surface area contributed by atoms with Gasteiger partial charge >= 0.3 is 0 Å². The number of nitrogens with one attached hydrogen (secondary N) is 1. The summed E-state index contributed by atoms with van der Waals surface area (Å²) in [5.41, 5.74) is 0. The second-order valence-corrected chi connectivity index (χ2v) is 4.19. The van der Waals surface area contributed by atoms with Crippen molar-refractivity contribution in [3.8, 4) is 5.88 Å². The monoisotopic (exact) mass is 252 g/mol. The number of nitrogens with zero attached hydrogens (tertiary/aromatic N) is 3. The van der Waals surface area contributed by atoms with Crippen molar-refractivity contribution in [3.63, 3.8) is 0 Å². The van der Waals surface area contributed by atoms with E-state index in [1.807, 2.05) is 0 Å². The molecule has 1 fully saturated rings. The third-order valence-corrected chi connectivity index (χ3v) is 3.00. The van der Waals surface area contributed by atoms with Gasteiger partial charge in [-0.1, -0.05) is 6.92 Å². The molecule has 1 saturated heterocycles. The predicted octanol–water partition coefficient (Wildman–Crippen LogP) is 0.618. The molecule has 1 N–H and O–H groups in total. The zero-order chi connectivity index (χ0) is 12.8. The van der Waals surface area contributed by atoms with Gasteiger partial charge in [-0.3, -0.25) is 4.90 Å². The first-order valence-electron chi connectivity index (χ1n) is 6.26. The molecule has 2 heterocycles. The molecule has 6 heteroatoms. The highest BCUT2D eigenvalue weighted by molar-refractivity contribution is 5.27. The Hall–Kier alpha value is -1.40. The maximum atomic E-state index is 5.70. The summed E-state index contributed by atoms with van der Waals surface area (Å²) in [6.07, 6.45) is 1.86. The van der Waals surface area contributed by atoms with Crippen molar-refractivity contribution in [2.45, 2.75) is 13.0 Å². The molecule has 1 aliphatic rings. The van der Waals surface area contributed by atoms with Crippen LogP contribution in [0.2, 0.25) is 0 Å². The number of morpholine rings is 1. The summed E-state index contributed by atoms with van der Waals surface area (Å²) in [5.74, 6) is 1.14. The standard InChI is InChI=1S/C12H20N4O2/c1-3-16-6-7-18-10(9-16)8-14-12-13-5-4-11(15-12)17-2/h4-5,10H,3,6-9H2,1-2H3,(H,13,14,15)/t10-/m0/s1. The van der Waals surface area contributed by atoms with E-state index in [0.29, 0.717) is 18.4 Å². The van der Waals surface area contributed by atoms with E-state index in [-0.39, 0.29) is 6.10 Å². The van der Waals surface area contributed by atoms with Gasteiger partial charge in [-0.2, -0.15) is 4.98 Å². The van der Waals surface area contributed by atoms with E-state index in [9.17, 15) is 0 Å². The van der Waals surface area contributed by atoms with E-state index < -0.39 is 0 Å². The van der Waals surface area contributed by atoms with E-state index in [0.717, 1.165) is 26.2 Å². The van der Waals surface area contributed by atoms with Crippen molar-refractivity contribution < 1.29 is 9.47 Å². The van der Waals surface area contributed by atoms with Crippen LogP contribution in [0.15, 0.2) is 12.3 Å². The average molecular weight is 252 g/mol. The molecule has 0 saturated carbocycles. The fraction of sp³-hybridized carbons (Fsp3) is 0.667. The first-order chi connectivity index (χ1) is 8.81. The topological polar surface area (TPSA) is 59.5 Å². The molecule has 0 spiro atoms. The van der Waals surface area contributed by atoms with Gasteiger partial charge in [-0.05, 0) is 6.54 Å². The van der Waals surface area contributed by atoms with Crippen molar-refractivity contribution in [2.24, 2.45) is 0 Å². The summed E-state index contributed by atoms with van der Waals surface area (Å²) in [4.78, 5) is 10.7. The Morgan fingerprint density at radius 3 is 3.28 bits per heavy atom. The van der Waals surface area contributed by atoms with Gasteiger partial charge < -0.3 is 14.8 Å². The predicted molar refractivity (Wildman–Crippen MR) is 68.9 cm³/mol. The van der Waals surface area contributed by atoms with Crippen molar-refractivity contribution >= 4 is 5.95 Å². The lowest BCUT2D eigenvalue weighted by Crippen LogP contribution is -2.45. The van der Waals surface area contributed by atoms with Gasteiger partial charge in [0, 0.05) is 31.9 Å². The minimum atomic E-state index is 0.188. The SMILES string of the molecule is CCN1CCO[C@@H](CNc2nccc(OC)n2)C1. The van der Waals surface area contributed by atoms with Crippen LogP contribution in [-0.2, 0) is 4.74 Å². The maximum Gasteiger partial charge on any atom is 0.226 e. The van der Waals surface area contributed by atoms with Crippen LogP contribution in [0.3, 0.4) is 0 Å². The summed E-state index contributed by atoms with van der Waals surface area (Å²) in [6, 6.07) is 1.72. The molecule has 100 valence electrons. The van der Waals surface area contributed by atoms with Crippen LogP contribution in [-0.4, -0.2) is 60.9 Å². The van der Waals surface area contributed by atoms with Crippen LogP contribution >= 0.6 is 0 Å². The van der Waals surface area contributed by atoms with E-state index in [2.05, 4.69) is 27.1 Å². The molecule has 6 nitrogen and oxygen atoms in total. The molecule has 1 aromatic rings. The van der Waals surface area contributed by atoms with E-state index in [1.54, 1.807) is 19.4 Å². The molecule has 1 atom stereocenters. The molecular formula is C12H20N4O2. The fourth-order valence-corrected chi connectivity index (χ4v) is 1.94. The summed E-state index contributed by atoms with van der Waals surface area (Å²) < 4.78 is 10.7. The Morgan fingerprint density at radius 2 is 2.50 bits per heavy atom. The number of hydrogen-bond donors (Lipinski definition) is 1. The molecule has 0 radical (unpaired) electrons. The van der Waals surface area contributed by atoms with Crippen LogP contribution < -0.4 is 10.1 Å². The van der Waals surface area contributed by atoms with Gasteiger partial charge in [-0.15, -0.1) is 0 Å². The van der Waals surface area contributed by atoms with E-state index in [4.69, 9.17) is 9.47 Å². The summed E-state index contributed by atoms with van der Waals surface area (Å²) >= 11 is 0. The van der Waals surface area contributed by atoms with Gasteiger partial charge in [0.05, 0.1) is 19.8 Å². The number of likely N-dealkylation sites (N-methyl/N-ethyl adjacent to an activating group) is 1. The Balaban J connectivity index is 1.83. The lowest BCUT2D eigenvalue weighted by atomic mass is 10.2. The minimum absolute atomic E-state index is 0.188. The number of methoxy groups -OCH3 is 1. The molecule has 0 aliphatic carbocycles. The maximum absolute atomic E-state index is 5.70. The van der Waals surface area contributed by atoms with Gasteiger partial charge in [-0.25, -0.2) is 4.98 Å². The highest BCUT2D eigenvalue weighted by Gasteiger charge is 2.19. The molecule has 0 amide bonds. The van der Waals surface area contributed by atoms with Gasteiger partial charge in [0.1, 0.15) is 0 Å². The first kappa shape index (κ1) is 13.0. The highest BCUT2D eigenvalue weighted by Crippen LogP contribution is 2.09. The Morgan fingerprint density at radius 1 is 1.61 bits per heavy atom. The number of ether oxygens (including phenoxy) is 2. The molecule has 2 rings (SSSR count). The van der Waals surface area contributed by atoms with Crippen molar-refractivity contribution in [3.05, 3.63) is 12.3 Å². The number of anilines is 1. The van der Waals surface area contributed by atoms with Crippen molar-refractivity contribution in [2.75, 3.05) is 45.2 Å². The van der Waals surface area contributed by atoms with Crippen molar-refractivity contribution in [1.82, 2.24) is 14.9 Å². The Bertz CT molecular complexity index is 375. The molecule has 0 unspecified atom stereocenters. The number of hydrogen-bond acceptors (Lipinski definition) is 6. The zero-order valence-corrected chi connectivity index (χ0v) is 10.9. The first-order valence-corrected chi connectivity index (χ1v) is 6.26. The molecule has 0 aromatic carbocycles. The zero-order valence-electron chi connectivity index (χ0n) is 10.9. The smallest absolute Gasteiger partial charge is 0.226 e. The van der Waals surface area contributed by atoms with E-state index >= 15 is 0 Å². The summed E-state index contributed by atoms with van der Waals surface area (Å²) in [5, 5.41) is 3.18. The third kappa shape index (κ3) is 3.54. The van der Waals surface area contributed by atoms with Crippen molar-refractivity contribution in [1.29, 1.82) is 0 Å². The Kier molecular flexibility index (Phi) is 4.72. The van der Waals surface area contributed by atoms with Crippen LogP contribution in [0.4, 0.5) is 5.95 Å². The molecule has 1 aromatic heterocycles. The quantitative estimate of drug-likeness (QED) is 0.829. The van der Waals surface area contributed by atoms with Crippen LogP contribution in [0.25, 0.3) is 0 Å². The number of rotatable bonds is 5. The van der Waals surface area contributed by atoms with Gasteiger partial charge in [0.25, 0.3) is 0 Å². The summed E-state index contributed by atoms with van der Waals surface area (Å²) in [6.45, 7) is 6.70. The van der Waals surface area contributed by atoms with Crippen LogP contribution in [0.1, 0.15) is 6.92 Å². The fourth-order valence-electron chi connectivity index (χ4n) is 1.94. The largest absolute Gasteiger partial charge is 0.481 e. The van der Waals surface area contributed by atoms with E-state index in [1.165, 1.54) is 0 Å². The second kappa shape index (κ2) is 6.51. The lowest BCUT2D eigenvalue weighted by Gasteiger charge is -2.32. The molecule has 18 heavy (non-hydrogen) atoms. The van der Waals surface area contributed by atoms with Crippen LogP contribution in [0.5, 0.6) is 5.88 Å². The molecule has 1 aliphatic heterocycles. The molecular weight excluding hydrogens is 232 g/mol. The van der Waals surface area contributed by atoms with Gasteiger partial charge in [0.15, 0.2) is 0 Å². The van der Waals surface area contributed by atoms with Gasteiger partial charge in [0.2, 0.25) is 11.8 Å². The summed E-state index contributed by atoms with van der Waals surface area (Å²) in [7, 11) is 1.59. The average Bonchev–Trinajstić information content (AvgIpc) is 2.45. The third-order valence-electron chi connectivity index (χ3n) is 3.00. The highest BCUT2D eigenvalue weighted by atomic mass is 16.5. The Labute approximate surface area is 107 Å².